The maximum Gasteiger partial charge on any atom is 0.229 e. The van der Waals surface area contributed by atoms with Gasteiger partial charge < -0.3 is 9.94 Å². The minimum Gasteiger partial charge on any atom is -0.495 e. The molecule has 0 spiro atoms. The third-order valence-electron chi connectivity index (χ3n) is 3.01. The molecule has 1 aliphatic rings. The van der Waals surface area contributed by atoms with Crippen LogP contribution in [0.25, 0.3) is 0 Å². The lowest BCUT2D eigenvalue weighted by Gasteiger charge is -2.20. The fourth-order valence-corrected chi connectivity index (χ4v) is 2.79. The molecule has 104 valence electrons. The Bertz CT molecular complexity index is 623. The monoisotopic (exact) mass is 284 g/mol. The Balaban J connectivity index is 2.53. The second kappa shape index (κ2) is 5.08. The highest BCUT2D eigenvalue weighted by Gasteiger charge is 2.20. The number of rotatable bonds is 3. The molecule has 1 aromatic carbocycles. The molecule has 0 heterocycles. The molecular formula is C12H16N2O4S. The van der Waals surface area contributed by atoms with E-state index < -0.39 is 10.0 Å². The smallest absolute Gasteiger partial charge is 0.229 e. The van der Waals surface area contributed by atoms with E-state index in [0.717, 1.165) is 30.2 Å². The highest BCUT2D eigenvalue weighted by Crippen LogP contribution is 2.33. The van der Waals surface area contributed by atoms with Gasteiger partial charge in [-0.2, -0.15) is 0 Å². The van der Waals surface area contributed by atoms with Gasteiger partial charge in [-0.05, 0) is 37.0 Å². The summed E-state index contributed by atoms with van der Waals surface area (Å²) >= 11 is 0. The zero-order valence-corrected chi connectivity index (χ0v) is 11.6. The molecule has 0 atom stereocenters. The molecular weight excluding hydrogens is 268 g/mol. The summed E-state index contributed by atoms with van der Waals surface area (Å²) in [6.45, 7) is 0. The lowest BCUT2D eigenvalue weighted by atomic mass is 9.89. The van der Waals surface area contributed by atoms with Crippen LogP contribution >= 0.6 is 0 Å². The number of sulfonamides is 1. The van der Waals surface area contributed by atoms with Crippen LogP contribution in [0.4, 0.5) is 5.69 Å². The molecule has 19 heavy (non-hydrogen) atoms. The molecule has 0 aromatic heterocycles. The fourth-order valence-electron chi connectivity index (χ4n) is 2.23. The van der Waals surface area contributed by atoms with Crippen LogP contribution in [0.2, 0.25) is 0 Å². The first-order chi connectivity index (χ1) is 8.94. The zero-order chi connectivity index (χ0) is 14.0. The average Bonchev–Trinajstić information content (AvgIpc) is 2.35. The summed E-state index contributed by atoms with van der Waals surface area (Å²) in [6, 6.07) is 3.44. The minimum atomic E-state index is -3.37. The van der Waals surface area contributed by atoms with Gasteiger partial charge in [0.1, 0.15) is 5.75 Å². The van der Waals surface area contributed by atoms with E-state index in [1.165, 1.54) is 7.11 Å². The van der Waals surface area contributed by atoms with Gasteiger partial charge in [0.05, 0.1) is 24.8 Å². The second-order valence-electron chi connectivity index (χ2n) is 4.48. The van der Waals surface area contributed by atoms with Gasteiger partial charge in [0, 0.05) is 5.56 Å². The standard InChI is InChI=1S/C12H16N2O4S/c1-18-12-7-9-8(4-3-5-10(9)13-15)6-11(12)14-19(2,16)17/h6-7,14-15H,3-5H2,1-2H3. The summed E-state index contributed by atoms with van der Waals surface area (Å²) < 4.78 is 30.3. The molecule has 0 saturated heterocycles. The summed E-state index contributed by atoms with van der Waals surface area (Å²) in [6.07, 6.45) is 3.48. The largest absolute Gasteiger partial charge is 0.495 e. The number of nitrogens with zero attached hydrogens (tertiary/aromatic N) is 1. The van der Waals surface area contributed by atoms with Crippen molar-refractivity contribution in [2.45, 2.75) is 19.3 Å². The Labute approximate surface area is 112 Å². The summed E-state index contributed by atoms with van der Waals surface area (Å²) in [5.41, 5.74) is 2.77. The van der Waals surface area contributed by atoms with Crippen molar-refractivity contribution in [1.82, 2.24) is 0 Å². The maximum absolute atomic E-state index is 11.3. The summed E-state index contributed by atoms with van der Waals surface area (Å²) in [5, 5.41) is 12.3. The van der Waals surface area contributed by atoms with Crippen molar-refractivity contribution in [3.63, 3.8) is 0 Å². The normalized spacial score (nSPS) is 17.1. The molecule has 1 aromatic rings. The van der Waals surface area contributed by atoms with E-state index in [4.69, 9.17) is 9.94 Å². The first kappa shape index (κ1) is 13.7. The third-order valence-corrected chi connectivity index (χ3v) is 3.60. The number of hydrogen-bond acceptors (Lipinski definition) is 5. The van der Waals surface area contributed by atoms with Crippen LogP contribution in [-0.4, -0.2) is 32.7 Å². The fraction of sp³-hybridized carbons (Fsp3) is 0.417. The number of fused-ring (bicyclic) bond motifs is 1. The van der Waals surface area contributed by atoms with E-state index in [-0.39, 0.29) is 0 Å². The van der Waals surface area contributed by atoms with Crippen molar-refractivity contribution in [3.05, 3.63) is 23.3 Å². The molecule has 2 rings (SSSR count). The number of anilines is 1. The molecule has 0 radical (unpaired) electrons. The number of hydrogen-bond donors (Lipinski definition) is 2. The quantitative estimate of drug-likeness (QED) is 0.651. The van der Waals surface area contributed by atoms with Crippen LogP contribution in [-0.2, 0) is 16.4 Å². The van der Waals surface area contributed by atoms with Crippen LogP contribution in [0.1, 0.15) is 24.0 Å². The zero-order valence-electron chi connectivity index (χ0n) is 10.8. The van der Waals surface area contributed by atoms with E-state index in [9.17, 15) is 8.42 Å². The van der Waals surface area contributed by atoms with Gasteiger partial charge in [-0.15, -0.1) is 0 Å². The van der Waals surface area contributed by atoms with E-state index in [2.05, 4.69) is 9.88 Å². The highest BCUT2D eigenvalue weighted by molar-refractivity contribution is 7.92. The van der Waals surface area contributed by atoms with Crippen molar-refractivity contribution < 1.29 is 18.4 Å². The number of methoxy groups -OCH3 is 1. The van der Waals surface area contributed by atoms with Crippen molar-refractivity contribution in [2.75, 3.05) is 18.1 Å². The molecule has 0 unspecified atom stereocenters. The number of ether oxygens (including phenoxy) is 1. The Hall–Kier alpha value is -1.76. The van der Waals surface area contributed by atoms with E-state index >= 15 is 0 Å². The predicted octanol–water partition coefficient (Wildman–Crippen LogP) is 1.58. The molecule has 0 saturated carbocycles. The van der Waals surface area contributed by atoms with Crippen LogP contribution < -0.4 is 9.46 Å². The summed E-state index contributed by atoms with van der Waals surface area (Å²) in [5.74, 6) is 0.409. The number of benzene rings is 1. The van der Waals surface area contributed by atoms with Crippen molar-refractivity contribution in [1.29, 1.82) is 0 Å². The lowest BCUT2D eigenvalue weighted by molar-refractivity contribution is 0.317. The van der Waals surface area contributed by atoms with Crippen molar-refractivity contribution >= 4 is 21.4 Å². The molecule has 1 aliphatic carbocycles. The molecule has 0 fully saturated rings. The van der Waals surface area contributed by atoms with Crippen LogP contribution in [0.5, 0.6) is 5.75 Å². The van der Waals surface area contributed by atoms with Crippen LogP contribution in [0, 0.1) is 0 Å². The Morgan fingerprint density at radius 2 is 2.11 bits per heavy atom. The summed E-state index contributed by atoms with van der Waals surface area (Å²) in [4.78, 5) is 0. The average molecular weight is 284 g/mol. The number of nitrogens with one attached hydrogen (secondary N) is 1. The van der Waals surface area contributed by atoms with Crippen molar-refractivity contribution in [2.24, 2.45) is 5.16 Å². The SMILES string of the molecule is COc1cc2c(cc1NS(C)(=O)=O)CCCC2=NO. The Kier molecular flexibility index (Phi) is 3.66. The van der Waals surface area contributed by atoms with Gasteiger partial charge in [0.25, 0.3) is 0 Å². The summed E-state index contributed by atoms with van der Waals surface area (Å²) in [7, 11) is -1.90. The third kappa shape index (κ3) is 2.98. The molecule has 6 nitrogen and oxygen atoms in total. The van der Waals surface area contributed by atoms with E-state index in [1.54, 1.807) is 12.1 Å². The van der Waals surface area contributed by atoms with Gasteiger partial charge >= 0.3 is 0 Å². The number of oxime groups is 1. The predicted molar refractivity (Wildman–Crippen MR) is 72.7 cm³/mol. The first-order valence-corrected chi connectivity index (χ1v) is 7.73. The molecule has 0 bridgehead atoms. The topological polar surface area (TPSA) is 88.0 Å². The molecule has 0 aliphatic heterocycles. The second-order valence-corrected chi connectivity index (χ2v) is 6.23. The lowest BCUT2D eigenvalue weighted by Crippen LogP contribution is -2.15. The molecule has 0 amide bonds. The van der Waals surface area contributed by atoms with E-state index in [0.29, 0.717) is 23.6 Å². The Morgan fingerprint density at radius 1 is 1.37 bits per heavy atom. The first-order valence-electron chi connectivity index (χ1n) is 5.84. The highest BCUT2D eigenvalue weighted by atomic mass is 32.2. The van der Waals surface area contributed by atoms with Crippen LogP contribution in [0.3, 0.4) is 0 Å². The van der Waals surface area contributed by atoms with Gasteiger partial charge in [-0.25, -0.2) is 8.42 Å². The van der Waals surface area contributed by atoms with Gasteiger partial charge in [-0.1, -0.05) is 5.16 Å². The van der Waals surface area contributed by atoms with Crippen molar-refractivity contribution in [3.8, 4) is 5.75 Å². The Morgan fingerprint density at radius 3 is 2.68 bits per heavy atom. The van der Waals surface area contributed by atoms with Gasteiger partial charge in [0.15, 0.2) is 0 Å². The van der Waals surface area contributed by atoms with E-state index in [1.807, 2.05) is 0 Å². The number of aryl methyl sites for hydroxylation is 1. The maximum atomic E-state index is 11.3. The van der Waals surface area contributed by atoms with Gasteiger partial charge in [-0.3, -0.25) is 4.72 Å². The van der Waals surface area contributed by atoms with Gasteiger partial charge in [0.2, 0.25) is 10.0 Å². The minimum absolute atomic E-state index is 0.405. The van der Waals surface area contributed by atoms with Crippen LogP contribution in [0.15, 0.2) is 17.3 Å². The molecule has 2 N–H and O–H groups in total. The molecule has 7 heteroatoms.